The molecule has 0 aliphatic carbocycles. The first-order valence-electron chi connectivity index (χ1n) is 8.27. The second-order valence-electron chi connectivity index (χ2n) is 6.53. The van der Waals surface area contributed by atoms with Crippen LogP contribution < -0.4 is 10.2 Å². The first-order valence-corrected chi connectivity index (χ1v) is 8.65. The van der Waals surface area contributed by atoms with Crippen molar-refractivity contribution in [3.8, 4) is 0 Å². The van der Waals surface area contributed by atoms with Crippen LogP contribution in [0.2, 0.25) is 5.02 Å². The zero-order valence-corrected chi connectivity index (χ0v) is 14.6. The van der Waals surface area contributed by atoms with Crippen LogP contribution in [0.25, 0.3) is 0 Å². The van der Waals surface area contributed by atoms with Crippen molar-refractivity contribution in [2.24, 2.45) is 5.92 Å². The summed E-state index contributed by atoms with van der Waals surface area (Å²) >= 11 is 6.20. The lowest BCUT2D eigenvalue weighted by molar-refractivity contribution is -0.144. The number of nitrogens with one attached hydrogen (secondary N) is 1. The Morgan fingerprint density at radius 3 is 2.72 bits per heavy atom. The van der Waals surface area contributed by atoms with Crippen molar-refractivity contribution in [3.63, 3.8) is 0 Å². The number of hydrogen-bond acceptors (Lipinski definition) is 3. The van der Waals surface area contributed by atoms with Crippen molar-refractivity contribution in [3.05, 3.63) is 28.8 Å². The number of carboxylic acid groups (broad SMARTS) is 1. The molecule has 0 spiro atoms. The molecule has 1 aromatic rings. The minimum atomic E-state index is -1.01. The molecule has 134 valence electrons. The number of benzene rings is 1. The molecule has 0 radical (unpaired) electrons. The number of piperidine rings is 1. The summed E-state index contributed by atoms with van der Waals surface area (Å²) < 4.78 is 0. The van der Waals surface area contributed by atoms with E-state index >= 15 is 0 Å². The minimum Gasteiger partial charge on any atom is -0.480 e. The molecular formula is C17H20ClN3O4. The number of carboxylic acids is 1. The predicted octanol–water partition coefficient (Wildman–Crippen LogP) is 2.19. The normalized spacial score (nSPS) is 23.5. The largest absolute Gasteiger partial charge is 0.480 e. The highest BCUT2D eigenvalue weighted by molar-refractivity contribution is 6.34. The van der Waals surface area contributed by atoms with Crippen molar-refractivity contribution in [1.82, 2.24) is 10.2 Å². The predicted molar refractivity (Wildman–Crippen MR) is 93.1 cm³/mol. The zero-order chi connectivity index (χ0) is 18.1. The number of carbonyl (C=O) groups is 3. The number of rotatable bonds is 3. The van der Waals surface area contributed by atoms with Gasteiger partial charge in [-0.1, -0.05) is 18.5 Å². The number of likely N-dealkylation sites (tertiary alicyclic amines) is 1. The lowest BCUT2D eigenvalue weighted by atomic mass is 9.92. The van der Waals surface area contributed by atoms with E-state index in [1.54, 1.807) is 18.2 Å². The van der Waals surface area contributed by atoms with Crippen LogP contribution in [-0.2, 0) is 4.79 Å². The Morgan fingerprint density at radius 2 is 2.08 bits per heavy atom. The van der Waals surface area contributed by atoms with Crippen LogP contribution in [0.1, 0.15) is 30.1 Å². The van der Waals surface area contributed by atoms with Gasteiger partial charge in [-0.15, -0.1) is 0 Å². The maximum atomic E-state index is 12.9. The number of nitrogens with zero attached hydrogens (tertiary/aromatic N) is 2. The lowest BCUT2D eigenvalue weighted by Gasteiger charge is -2.36. The molecule has 0 bridgehead atoms. The van der Waals surface area contributed by atoms with E-state index in [2.05, 4.69) is 5.32 Å². The van der Waals surface area contributed by atoms with Crippen LogP contribution in [0.5, 0.6) is 0 Å². The van der Waals surface area contributed by atoms with Gasteiger partial charge in [-0.3, -0.25) is 9.69 Å². The van der Waals surface area contributed by atoms with E-state index < -0.39 is 17.9 Å². The summed E-state index contributed by atoms with van der Waals surface area (Å²) in [4.78, 5) is 39.2. The fourth-order valence-corrected chi connectivity index (χ4v) is 3.53. The van der Waals surface area contributed by atoms with E-state index in [-0.39, 0.29) is 22.5 Å². The highest BCUT2D eigenvalue weighted by atomic mass is 35.5. The van der Waals surface area contributed by atoms with Crippen LogP contribution in [0.3, 0.4) is 0 Å². The van der Waals surface area contributed by atoms with Crippen molar-refractivity contribution < 1.29 is 19.5 Å². The van der Waals surface area contributed by atoms with Gasteiger partial charge in [0.25, 0.3) is 5.91 Å². The molecule has 7 nitrogen and oxygen atoms in total. The Hall–Kier alpha value is -2.28. The van der Waals surface area contributed by atoms with E-state index in [1.165, 1.54) is 9.80 Å². The van der Waals surface area contributed by atoms with Gasteiger partial charge in [-0.05, 0) is 37.0 Å². The van der Waals surface area contributed by atoms with Gasteiger partial charge in [0.1, 0.15) is 6.04 Å². The van der Waals surface area contributed by atoms with Crippen molar-refractivity contribution >= 4 is 35.2 Å². The highest BCUT2D eigenvalue weighted by Crippen LogP contribution is 2.29. The smallest absolute Gasteiger partial charge is 0.326 e. The van der Waals surface area contributed by atoms with Gasteiger partial charge in [-0.2, -0.15) is 0 Å². The topological polar surface area (TPSA) is 90.0 Å². The number of amides is 3. The Balaban J connectivity index is 1.90. The molecule has 2 aliphatic heterocycles. The third-order valence-electron chi connectivity index (χ3n) is 4.76. The minimum absolute atomic E-state index is 0.222. The van der Waals surface area contributed by atoms with E-state index in [0.29, 0.717) is 31.7 Å². The zero-order valence-electron chi connectivity index (χ0n) is 13.9. The van der Waals surface area contributed by atoms with E-state index in [1.807, 2.05) is 6.92 Å². The van der Waals surface area contributed by atoms with Gasteiger partial charge < -0.3 is 15.3 Å². The van der Waals surface area contributed by atoms with Gasteiger partial charge >= 0.3 is 12.0 Å². The van der Waals surface area contributed by atoms with Gasteiger partial charge in [-0.25, -0.2) is 9.59 Å². The fraction of sp³-hybridized carbons (Fsp3) is 0.471. The third kappa shape index (κ3) is 3.42. The van der Waals surface area contributed by atoms with Crippen molar-refractivity contribution in [2.75, 3.05) is 24.5 Å². The third-order valence-corrected chi connectivity index (χ3v) is 5.09. The summed E-state index contributed by atoms with van der Waals surface area (Å²) in [5.74, 6) is -1.17. The second-order valence-corrected chi connectivity index (χ2v) is 6.94. The molecule has 25 heavy (non-hydrogen) atoms. The molecule has 2 fully saturated rings. The lowest BCUT2D eigenvalue weighted by Crippen LogP contribution is -2.49. The molecule has 2 aliphatic rings. The summed E-state index contributed by atoms with van der Waals surface area (Å²) in [6.45, 7) is 3.40. The van der Waals surface area contributed by atoms with Crippen LogP contribution >= 0.6 is 11.6 Å². The SMILES string of the molecule is CC1CCN(C(=O)c2cc(N3CCNC3=O)ccc2Cl)C(C(=O)O)C1. The highest BCUT2D eigenvalue weighted by Gasteiger charge is 2.36. The quantitative estimate of drug-likeness (QED) is 0.859. The monoisotopic (exact) mass is 365 g/mol. The molecule has 0 aromatic heterocycles. The first kappa shape index (κ1) is 17.5. The van der Waals surface area contributed by atoms with E-state index in [9.17, 15) is 19.5 Å². The van der Waals surface area contributed by atoms with Crippen LogP contribution in [-0.4, -0.2) is 53.6 Å². The number of anilines is 1. The standard InChI is InChI=1S/C17H20ClN3O4/c1-10-4-6-21(14(8-10)16(23)24)15(22)12-9-11(2-3-13(12)18)20-7-5-19-17(20)25/h2-3,9-10,14H,4-8H2,1H3,(H,19,25)(H,23,24). The summed E-state index contributed by atoms with van der Waals surface area (Å²) in [5, 5.41) is 12.4. The molecule has 3 amide bonds. The number of urea groups is 1. The van der Waals surface area contributed by atoms with Crippen LogP contribution in [0.4, 0.5) is 10.5 Å². The van der Waals surface area contributed by atoms with E-state index in [0.717, 1.165) is 6.42 Å². The Morgan fingerprint density at radius 1 is 1.32 bits per heavy atom. The Labute approximate surface area is 150 Å². The summed E-state index contributed by atoms with van der Waals surface area (Å²) in [5.41, 5.74) is 0.791. The molecule has 8 heteroatoms. The van der Waals surface area contributed by atoms with Crippen molar-refractivity contribution in [2.45, 2.75) is 25.8 Å². The van der Waals surface area contributed by atoms with Crippen LogP contribution in [0, 0.1) is 5.92 Å². The molecule has 2 atom stereocenters. The molecule has 2 unspecified atom stereocenters. The maximum absolute atomic E-state index is 12.9. The Kier molecular flexibility index (Phi) is 4.85. The molecule has 1 aromatic carbocycles. The molecule has 2 heterocycles. The first-order chi connectivity index (χ1) is 11.9. The van der Waals surface area contributed by atoms with Gasteiger partial charge in [0, 0.05) is 25.3 Å². The summed E-state index contributed by atoms with van der Waals surface area (Å²) in [6, 6.07) is 3.73. The Bertz CT molecular complexity index is 724. The average molecular weight is 366 g/mol. The van der Waals surface area contributed by atoms with Crippen LogP contribution in [0.15, 0.2) is 18.2 Å². The van der Waals surface area contributed by atoms with Gasteiger partial charge in [0.2, 0.25) is 0 Å². The molecule has 3 rings (SSSR count). The average Bonchev–Trinajstić information content (AvgIpc) is 3.00. The second kappa shape index (κ2) is 6.92. The molecule has 0 saturated carbocycles. The summed E-state index contributed by atoms with van der Waals surface area (Å²) in [6.07, 6.45) is 1.17. The maximum Gasteiger partial charge on any atom is 0.326 e. The van der Waals surface area contributed by atoms with Gasteiger partial charge in [0.05, 0.1) is 10.6 Å². The molecular weight excluding hydrogens is 346 g/mol. The van der Waals surface area contributed by atoms with Crippen molar-refractivity contribution in [1.29, 1.82) is 0 Å². The molecule has 2 N–H and O–H groups in total. The fourth-order valence-electron chi connectivity index (χ4n) is 3.34. The number of hydrogen-bond donors (Lipinski definition) is 2. The van der Waals surface area contributed by atoms with Gasteiger partial charge in [0.15, 0.2) is 0 Å². The van der Waals surface area contributed by atoms with E-state index in [4.69, 9.17) is 11.6 Å². The number of carbonyl (C=O) groups excluding carboxylic acids is 2. The summed E-state index contributed by atoms with van der Waals surface area (Å²) in [7, 11) is 0. The number of halogens is 1. The number of aliphatic carboxylic acids is 1. The molecule has 2 saturated heterocycles.